The van der Waals surface area contributed by atoms with E-state index in [0.29, 0.717) is 11.5 Å². The second-order valence-corrected chi connectivity index (χ2v) is 10.5. The highest BCUT2D eigenvalue weighted by Gasteiger charge is 2.31. The summed E-state index contributed by atoms with van der Waals surface area (Å²) in [6.07, 6.45) is 4.56. The molecule has 4 nitrogen and oxygen atoms in total. The third-order valence-electron chi connectivity index (χ3n) is 6.40. The molecule has 1 unspecified atom stereocenters. The lowest BCUT2D eigenvalue weighted by atomic mass is 9.72. The SMILES string of the molecule is Cc1ccc(C(=O)Cn2cnc3sc4c(c3c2=O)CCC(C(C)(C)C)C4)cc1C. The van der Waals surface area contributed by atoms with Crippen LogP contribution in [-0.4, -0.2) is 15.3 Å². The van der Waals surface area contributed by atoms with Gasteiger partial charge in [-0.25, -0.2) is 4.98 Å². The molecule has 0 saturated carbocycles. The van der Waals surface area contributed by atoms with E-state index in [1.165, 1.54) is 15.8 Å². The van der Waals surface area contributed by atoms with Crippen molar-refractivity contribution in [3.8, 4) is 0 Å². The number of benzene rings is 1. The van der Waals surface area contributed by atoms with Gasteiger partial charge in [-0.15, -0.1) is 11.3 Å². The Morgan fingerprint density at radius 3 is 2.69 bits per heavy atom. The van der Waals surface area contributed by atoms with Crippen LogP contribution in [0.4, 0.5) is 0 Å². The standard InChI is InChI=1S/C24H28N2O2S/c1-14-6-7-16(10-15(14)2)19(27)12-26-13-25-22-21(23(26)28)18-9-8-17(24(3,4)5)11-20(18)29-22/h6-7,10,13,17H,8-9,11-12H2,1-5H3. The second kappa shape index (κ2) is 7.21. The molecule has 0 fully saturated rings. The van der Waals surface area contributed by atoms with Crippen LogP contribution in [0.5, 0.6) is 0 Å². The summed E-state index contributed by atoms with van der Waals surface area (Å²) in [6.45, 7) is 10.9. The van der Waals surface area contributed by atoms with Crippen molar-refractivity contribution in [1.29, 1.82) is 0 Å². The molecule has 2 aromatic heterocycles. The fourth-order valence-corrected chi connectivity index (χ4v) is 5.47. The maximum absolute atomic E-state index is 13.2. The number of aromatic nitrogens is 2. The third kappa shape index (κ3) is 3.68. The van der Waals surface area contributed by atoms with E-state index in [1.807, 2.05) is 32.0 Å². The predicted molar refractivity (Wildman–Crippen MR) is 119 cm³/mol. The molecular formula is C24H28N2O2S. The van der Waals surface area contributed by atoms with Gasteiger partial charge in [0.25, 0.3) is 5.56 Å². The van der Waals surface area contributed by atoms with Crippen molar-refractivity contribution in [3.05, 3.63) is 62.0 Å². The highest BCUT2D eigenvalue weighted by atomic mass is 32.1. The van der Waals surface area contributed by atoms with E-state index in [2.05, 4.69) is 25.8 Å². The zero-order chi connectivity index (χ0) is 20.9. The van der Waals surface area contributed by atoms with Crippen molar-refractivity contribution in [1.82, 2.24) is 9.55 Å². The Morgan fingerprint density at radius 1 is 1.24 bits per heavy atom. The first-order valence-corrected chi connectivity index (χ1v) is 11.1. The topological polar surface area (TPSA) is 52.0 Å². The summed E-state index contributed by atoms with van der Waals surface area (Å²) >= 11 is 1.65. The molecule has 5 heteroatoms. The quantitative estimate of drug-likeness (QED) is 0.566. The Morgan fingerprint density at radius 2 is 2.00 bits per heavy atom. The molecule has 152 valence electrons. The number of fused-ring (bicyclic) bond motifs is 3. The van der Waals surface area contributed by atoms with Gasteiger partial charge in [0.05, 0.1) is 18.3 Å². The summed E-state index contributed by atoms with van der Waals surface area (Å²) in [4.78, 5) is 32.6. The van der Waals surface area contributed by atoms with E-state index in [9.17, 15) is 9.59 Å². The van der Waals surface area contributed by atoms with Crippen molar-refractivity contribution in [3.63, 3.8) is 0 Å². The average molecular weight is 409 g/mol. The highest BCUT2D eigenvalue weighted by Crippen LogP contribution is 2.41. The van der Waals surface area contributed by atoms with Crippen LogP contribution in [0.2, 0.25) is 0 Å². The summed E-state index contributed by atoms with van der Waals surface area (Å²) < 4.78 is 1.47. The summed E-state index contributed by atoms with van der Waals surface area (Å²) in [7, 11) is 0. The van der Waals surface area contributed by atoms with Crippen molar-refractivity contribution in [2.75, 3.05) is 0 Å². The number of nitrogens with zero attached hydrogens (tertiary/aromatic N) is 2. The second-order valence-electron chi connectivity index (χ2n) is 9.39. The van der Waals surface area contributed by atoms with Gasteiger partial charge in [-0.2, -0.15) is 0 Å². The maximum Gasteiger partial charge on any atom is 0.262 e. The Balaban J connectivity index is 1.67. The summed E-state index contributed by atoms with van der Waals surface area (Å²) in [5.41, 5.74) is 4.22. The number of thiophene rings is 1. The van der Waals surface area contributed by atoms with Gasteiger partial charge in [-0.1, -0.05) is 32.9 Å². The number of aryl methyl sites for hydroxylation is 3. The molecule has 0 aliphatic heterocycles. The van der Waals surface area contributed by atoms with Gasteiger partial charge >= 0.3 is 0 Å². The molecule has 0 saturated heterocycles. The van der Waals surface area contributed by atoms with E-state index in [-0.39, 0.29) is 23.3 Å². The van der Waals surface area contributed by atoms with E-state index < -0.39 is 0 Å². The lowest BCUT2D eigenvalue weighted by molar-refractivity contribution is 0.0970. The lowest BCUT2D eigenvalue weighted by Gasteiger charge is -2.33. The van der Waals surface area contributed by atoms with Gasteiger partial charge in [0.15, 0.2) is 5.78 Å². The van der Waals surface area contributed by atoms with Crippen LogP contribution in [-0.2, 0) is 19.4 Å². The Kier molecular flexibility index (Phi) is 4.97. The van der Waals surface area contributed by atoms with Crippen LogP contribution in [0.3, 0.4) is 0 Å². The molecule has 1 atom stereocenters. The molecule has 0 N–H and O–H groups in total. The fraction of sp³-hybridized carbons (Fsp3) is 0.458. The number of ketones is 1. The summed E-state index contributed by atoms with van der Waals surface area (Å²) in [5.74, 6) is 0.560. The number of rotatable bonds is 3. The molecule has 29 heavy (non-hydrogen) atoms. The molecule has 3 aromatic rings. The number of hydrogen-bond donors (Lipinski definition) is 0. The number of hydrogen-bond acceptors (Lipinski definition) is 4. The van der Waals surface area contributed by atoms with E-state index >= 15 is 0 Å². The van der Waals surface area contributed by atoms with Gasteiger partial charge in [-0.3, -0.25) is 14.2 Å². The first-order chi connectivity index (χ1) is 13.6. The molecule has 2 heterocycles. The van der Waals surface area contributed by atoms with Crippen LogP contribution in [0.1, 0.15) is 59.1 Å². The average Bonchev–Trinajstić information content (AvgIpc) is 3.04. The van der Waals surface area contributed by atoms with Gasteiger partial charge in [0, 0.05) is 10.4 Å². The van der Waals surface area contributed by atoms with Crippen molar-refractivity contribution < 1.29 is 4.79 Å². The van der Waals surface area contributed by atoms with E-state index in [0.717, 1.165) is 46.2 Å². The van der Waals surface area contributed by atoms with Crippen LogP contribution in [0, 0.1) is 25.2 Å². The van der Waals surface area contributed by atoms with Crippen molar-refractivity contribution >= 4 is 27.3 Å². The number of Topliss-reactive ketones (excluding diaryl/α,β-unsaturated/α-hetero) is 1. The molecular weight excluding hydrogens is 380 g/mol. The summed E-state index contributed by atoms with van der Waals surface area (Å²) in [5, 5.41) is 0.729. The third-order valence-corrected chi connectivity index (χ3v) is 7.57. The number of carbonyl (C=O) groups excluding carboxylic acids is 1. The minimum Gasteiger partial charge on any atom is -0.292 e. The first kappa shape index (κ1) is 20.0. The molecule has 1 aliphatic carbocycles. The van der Waals surface area contributed by atoms with Crippen molar-refractivity contribution in [2.24, 2.45) is 11.3 Å². The zero-order valence-corrected chi connectivity index (χ0v) is 18.7. The van der Waals surface area contributed by atoms with Crippen LogP contribution >= 0.6 is 11.3 Å². The largest absolute Gasteiger partial charge is 0.292 e. The normalized spacial score (nSPS) is 16.8. The van der Waals surface area contributed by atoms with Crippen LogP contribution < -0.4 is 5.56 Å². The summed E-state index contributed by atoms with van der Waals surface area (Å²) in [6, 6.07) is 5.68. The van der Waals surface area contributed by atoms with E-state index in [1.54, 1.807) is 11.3 Å². The molecule has 1 aromatic carbocycles. The lowest BCUT2D eigenvalue weighted by Crippen LogP contribution is -2.27. The zero-order valence-electron chi connectivity index (χ0n) is 17.8. The highest BCUT2D eigenvalue weighted by molar-refractivity contribution is 7.18. The Labute approximate surface area is 175 Å². The Bertz CT molecular complexity index is 1160. The number of carbonyl (C=O) groups is 1. The minimum absolute atomic E-state index is 0.0273. The van der Waals surface area contributed by atoms with Gasteiger partial charge in [0.2, 0.25) is 0 Å². The molecule has 0 spiro atoms. The maximum atomic E-state index is 13.2. The smallest absolute Gasteiger partial charge is 0.262 e. The monoisotopic (exact) mass is 408 g/mol. The Hall–Kier alpha value is -2.27. The van der Waals surface area contributed by atoms with Gasteiger partial charge in [0.1, 0.15) is 4.83 Å². The minimum atomic E-state index is -0.0844. The first-order valence-electron chi connectivity index (χ1n) is 10.3. The molecule has 1 aliphatic rings. The van der Waals surface area contributed by atoms with Crippen molar-refractivity contribution in [2.45, 2.75) is 60.4 Å². The molecule has 0 amide bonds. The molecule has 0 bridgehead atoms. The van der Waals surface area contributed by atoms with Crippen LogP contribution in [0.25, 0.3) is 10.2 Å². The van der Waals surface area contributed by atoms with Gasteiger partial charge < -0.3 is 0 Å². The molecule has 4 rings (SSSR count). The van der Waals surface area contributed by atoms with E-state index in [4.69, 9.17) is 0 Å². The molecule has 0 radical (unpaired) electrons. The van der Waals surface area contributed by atoms with Gasteiger partial charge in [-0.05, 0) is 67.2 Å². The fourth-order valence-electron chi connectivity index (χ4n) is 4.21. The van der Waals surface area contributed by atoms with Crippen LogP contribution in [0.15, 0.2) is 29.3 Å². The predicted octanol–water partition coefficient (Wildman–Crippen LogP) is 5.11.